The molecule has 3 N–H and O–H groups in total. The molecule has 2 aromatic rings. The van der Waals surface area contributed by atoms with Crippen LogP contribution in [0.2, 0.25) is 0 Å². The van der Waals surface area contributed by atoms with Gasteiger partial charge in [-0.25, -0.2) is 0 Å². The summed E-state index contributed by atoms with van der Waals surface area (Å²) in [6.45, 7) is 1.91. The average Bonchev–Trinajstić information content (AvgIpc) is 2.49. The zero-order chi connectivity index (χ0) is 13.8. The molecule has 104 valence electrons. The summed E-state index contributed by atoms with van der Waals surface area (Å²) in [5, 5.41) is 3.31. The Hall–Kier alpha value is -2.43. The van der Waals surface area contributed by atoms with E-state index < -0.39 is 0 Å². The van der Waals surface area contributed by atoms with E-state index in [1.807, 2.05) is 24.3 Å². The molecule has 0 aliphatic carbocycles. The molecule has 0 saturated carbocycles. The molecule has 0 fully saturated rings. The van der Waals surface area contributed by atoms with Crippen molar-refractivity contribution in [2.24, 2.45) is 0 Å². The first-order valence-corrected chi connectivity index (χ1v) is 6.66. The number of rotatable bonds is 4. The van der Waals surface area contributed by atoms with Gasteiger partial charge in [0, 0.05) is 37.0 Å². The Kier molecular flexibility index (Phi) is 3.58. The lowest BCUT2D eigenvalue weighted by molar-refractivity contribution is 0.172. The van der Waals surface area contributed by atoms with Gasteiger partial charge in [0.1, 0.15) is 13.2 Å². The molecular weight excluding hydrogens is 254 g/mol. The van der Waals surface area contributed by atoms with Gasteiger partial charge in [0.25, 0.3) is 0 Å². The van der Waals surface area contributed by atoms with Crippen molar-refractivity contribution >= 4 is 11.4 Å². The van der Waals surface area contributed by atoms with Crippen LogP contribution >= 0.6 is 0 Å². The monoisotopic (exact) mass is 271 g/mol. The van der Waals surface area contributed by atoms with Gasteiger partial charge in [-0.05, 0) is 12.1 Å². The van der Waals surface area contributed by atoms with Crippen molar-refractivity contribution in [3.63, 3.8) is 0 Å². The number of ether oxygens (including phenoxy) is 2. The van der Waals surface area contributed by atoms with Crippen LogP contribution in [0, 0.1) is 0 Å². The summed E-state index contributed by atoms with van der Waals surface area (Å²) in [5.74, 6) is 1.45. The number of hydrogen-bond donors (Lipinski definition) is 2. The summed E-state index contributed by atoms with van der Waals surface area (Å²) < 4.78 is 11.0. The van der Waals surface area contributed by atoms with E-state index in [1.54, 1.807) is 12.3 Å². The first-order chi connectivity index (χ1) is 9.83. The first kappa shape index (κ1) is 12.6. The van der Waals surface area contributed by atoms with E-state index in [-0.39, 0.29) is 0 Å². The zero-order valence-corrected chi connectivity index (χ0v) is 11.1. The Morgan fingerprint density at radius 1 is 1.15 bits per heavy atom. The predicted molar refractivity (Wildman–Crippen MR) is 78.3 cm³/mol. The summed E-state index contributed by atoms with van der Waals surface area (Å²) in [4.78, 5) is 4.29. The molecule has 0 saturated heterocycles. The van der Waals surface area contributed by atoms with E-state index in [2.05, 4.69) is 10.3 Å². The van der Waals surface area contributed by atoms with E-state index >= 15 is 0 Å². The first-order valence-electron chi connectivity index (χ1n) is 6.66. The SMILES string of the molecule is Nc1cc2c(cc1NCCc1ccccn1)OCCO2. The van der Waals surface area contributed by atoms with Gasteiger partial charge in [0.2, 0.25) is 0 Å². The number of pyridine rings is 1. The lowest BCUT2D eigenvalue weighted by atomic mass is 10.2. The highest BCUT2D eigenvalue weighted by Gasteiger charge is 2.14. The van der Waals surface area contributed by atoms with Crippen LogP contribution in [-0.4, -0.2) is 24.7 Å². The minimum Gasteiger partial charge on any atom is -0.486 e. The van der Waals surface area contributed by atoms with Gasteiger partial charge in [-0.1, -0.05) is 6.07 Å². The third-order valence-electron chi connectivity index (χ3n) is 3.14. The van der Waals surface area contributed by atoms with Gasteiger partial charge in [0.05, 0.1) is 11.4 Å². The second kappa shape index (κ2) is 5.69. The van der Waals surface area contributed by atoms with Crippen LogP contribution in [0.5, 0.6) is 11.5 Å². The third-order valence-corrected chi connectivity index (χ3v) is 3.14. The lowest BCUT2D eigenvalue weighted by Crippen LogP contribution is -2.16. The summed E-state index contributed by atoms with van der Waals surface area (Å²) in [7, 11) is 0. The lowest BCUT2D eigenvalue weighted by Gasteiger charge is -2.20. The summed E-state index contributed by atoms with van der Waals surface area (Å²) in [5.41, 5.74) is 8.59. The molecule has 0 radical (unpaired) electrons. The fourth-order valence-corrected chi connectivity index (χ4v) is 2.13. The number of nitrogens with one attached hydrogen (secondary N) is 1. The predicted octanol–water partition coefficient (Wildman–Crippen LogP) is 2.09. The Balaban J connectivity index is 1.65. The van der Waals surface area contributed by atoms with E-state index in [1.165, 1.54) is 0 Å². The van der Waals surface area contributed by atoms with Crippen molar-refractivity contribution in [1.29, 1.82) is 0 Å². The third kappa shape index (κ3) is 2.77. The van der Waals surface area contributed by atoms with Crippen molar-refractivity contribution in [3.8, 4) is 11.5 Å². The Bertz CT molecular complexity index is 587. The molecule has 20 heavy (non-hydrogen) atoms. The Labute approximate surface area is 117 Å². The molecule has 0 atom stereocenters. The maximum Gasteiger partial charge on any atom is 0.163 e. The molecule has 1 aromatic heterocycles. The van der Waals surface area contributed by atoms with Gasteiger partial charge in [-0.2, -0.15) is 0 Å². The minimum atomic E-state index is 0.568. The molecule has 5 heteroatoms. The molecule has 0 bridgehead atoms. The van der Waals surface area contributed by atoms with Crippen molar-refractivity contribution in [2.75, 3.05) is 30.8 Å². The second-order valence-electron chi connectivity index (χ2n) is 4.58. The fraction of sp³-hybridized carbons (Fsp3) is 0.267. The smallest absolute Gasteiger partial charge is 0.163 e. The molecule has 0 amide bonds. The van der Waals surface area contributed by atoms with Crippen LogP contribution < -0.4 is 20.5 Å². The van der Waals surface area contributed by atoms with E-state index in [0.29, 0.717) is 24.7 Å². The number of aromatic nitrogens is 1. The molecular formula is C15H17N3O2. The van der Waals surface area contributed by atoms with Crippen LogP contribution in [0.1, 0.15) is 5.69 Å². The number of hydrogen-bond acceptors (Lipinski definition) is 5. The van der Waals surface area contributed by atoms with Crippen LogP contribution in [0.25, 0.3) is 0 Å². The largest absolute Gasteiger partial charge is 0.486 e. The minimum absolute atomic E-state index is 0.568. The molecule has 5 nitrogen and oxygen atoms in total. The number of fused-ring (bicyclic) bond motifs is 1. The zero-order valence-electron chi connectivity index (χ0n) is 11.1. The van der Waals surface area contributed by atoms with Crippen LogP contribution in [-0.2, 0) is 6.42 Å². The fourth-order valence-electron chi connectivity index (χ4n) is 2.13. The molecule has 2 heterocycles. The highest BCUT2D eigenvalue weighted by Crippen LogP contribution is 2.36. The number of benzene rings is 1. The van der Waals surface area contributed by atoms with Crippen LogP contribution in [0.3, 0.4) is 0 Å². The summed E-state index contributed by atoms with van der Waals surface area (Å²) >= 11 is 0. The molecule has 1 aliphatic rings. The van der Waals surface area contributed by atoms with E-state index in [9.17, 15) is 0 Å². The Morgan fingerprint density at radius 3 is 2.70 bits per heavy atom. The molecule has 1 aliphatic heterocycles. The topological polar surface area (TPSA) is 69.4 Å². The standard InChI is InChI=1S/C15H17N3O2/c16-12-9-14-15(20-8-7-19-14)10-13(12)18-6-4-11-3-1-2-5-17-11/h1-3,5,9-10,18H,4,6-8,16H2. The van der Waals surface area contributed by atoms with Crippen LogP contribution in [0.15, 0.2) is 36.5 Å². The summed E-state index contributed by atoms with van der Waals surface area (Å²) in [6.07, 6.45) is 2.64. The molecule has 0 unspecified atom stereocenters. The van der Waals surface area contributed by atoms with Gasteiger partial charge < -0.3 is 20.5 Å². The van der Waals surface area contributed by atoms with Crippen molar-refractivity contribution in [3.05, 3.63) is 42.2 Å². The normalized spacial score (nSPS) is 13.0. The van der Waals surface area contributed by atoms with Crippen molar-refractivity contribution in [1.82, 2.24) is 4.98 Å². The highest BCUT2D eigenvalue weighted by atomic mass is 16.6. The van der Waals surface area contributed by atoms with Crippen molar-refractivity contribution < 1.29 is 9.47 Å². The van der Waals surface area contributed by atoms with Crippen molar-refractivity contribution in [2.45, 2.75) is 6.42 Å². The molecule has 3 rings (SSSR count). The van der Waals surface area contributed by atoms with Crippen LogP contribution in [0.4, 0.5) is 11.4 Å². The maximum absolute atomic E-state index is 6.01. The average molecular weight is 271 g/mol. The van der Waals surface area contributed by atoms with Gasteiger partial charge in [-0.15, -0.1) is 0 Å². The maximum atomic E-state index is 6.01. The number of nitrogen functional groups attached to an aromatic ring is 1. The molecule has 1 aromatic carbocycles. The second-order valence-corrected chi connectivity index (χ2v) is 4.58. The van der Waals surface area contributed by atoms with E-state index in [0.717, 1.165) is 30.1 Å². The number of nitrogens with two attached hydrogens (primary N) is 1. The van der Waals surface area contributed by atoms with Gasteiger partial charge in [0.15, 0.2) is 11.5 Å². The van der Waals surface area contributed by atoms with E-state index in [4.69, 9.17) is 15.2 Å². The number of anilines is 2. The quantitative estimate of drug-likeness (QED) is 0.833. The summed E-state index contributed by atoms with van der Waals surface area (Å²) in [6, 6.07) is 9.60. The Morgan fingerprint density at radius 2 is 1.95 bits per heavy atom. The number of nitrogens with zero attached hydrogens (tertiary/aromatic N) is 1. The molecule has 0 spiro atoms. The van der Waals surface area contributed by atoms with Gasteiger partial charge in [-0.3, -0.25) is 4.98 Å². The van der Waals surface area contributed by atoms with Gasteiger partial charge >= 0.3 is 0 Å². The highest BCUT2D eigenvalue weighted by molar-refractivity contribution is 5.72.